The molecule has 128 valence electrons. The average Bonchev–Trinajstić information content (AvgIpc) is 2.46. The maximum absolute atomic E-state index is 13.0. The van der Waals surface area contributed by atoms with Crippen molar-refractivity contribution in [3.63, 3.8) is 0 Å². The van der Waals surface area contributed by atoms with E-state index < -0.39 is 11.8 Å². The van der Waals surface area contributed by atoms with E-state index >= 15 is 0 Å². The van der Waals surface area contributed by atoms with Crippen LogP contribution in [-0.2, 0) is 5.60 Å². The SMILES string of the molecule is CCN(C)C=C=Nc1cc(OC)c(C(C)(O)C(F)(F)F)cc1C. The molecule has 0 amide bonds. The molecule has 1 aromatic carbocycles. The molecule has 1 N–H and O–H groups in total. The van der Waals surface area contributed by atoms with Gasteiger partial charge in [0, 0.05) is 31.1 Å². The summed E-state index contributed by atoms with van der Waals surface area (Å²) in [4.78, 5) is 5.94. The molecule has 7 heteroatoms. The smallest absolute Gasteiger partial charge is 0.421 e. The number of aryl methyl sites for hydroxylation is 1. The van der Waals surface area contributed by atoms with Crippen molar-refractivity contribution in [3.05, 3.63) is 29.5 Å². The van der Waals surface area contributed by atoms with Crippen molar-refractivity contribution in [1.29, 1.82) is 0 Å². The molecule has 4 nitrogen and oxygen atoms in total. The number of ether oxygens (including phenoxy) is 1. The highest BCUT2D eigenvalue weighted by Crippen LogP contribution is 2.44. The number of alkyl halides is 3. The number of halogens is 3. The molecule has 0 radical (unpaired) electrons. The number of methoxy groups -OCH3 is 1. The van der Waals surface area contributed by atoms with E-state index in [0.717, 1.165) is 6.54 Å². The second kappa shape index (κ2) is 7.06. The van der Waals surface area contributed by atoms with Crippen molar-refractivity contribution in [2.24, 2.45) is 4.99 Å². The zero-order chi connectivity index (χ0) is 17.8. The molecule has 1 rings (SSSR count). The van der Waals surface area contributed by atoms with Crippen LogP contribution < -0.4 is 4.74 Å². The quantitative estimate of drug-likeness (QED) is 0.840. The number of aliphatic imine (C=N–C) groups is 1. The van der Waals surface area contributed by atoms with E-state index in [4.69, 9.17) is 4.74 Å². The predicted molar refractivity (Wildman–Crippen MR) is 83.3 cm³/mol. The molecule has 0 bridgehead atoms. The van der Waals surface area contributed by atoms with Gasteiger partial charge in [0.15, 0.2) is 5.60 Å². The number of aliphatic hydroxyl groups is 1. The van der Waals surface area contributed by atoms with Crippen LogP contribution in [0, 0.1) is 6.92 Å². The Morgan fingerprint density at radius 3 is 2.48 bits per heavy atom. The summed E-state index contributed by atoms with van der Waals surface area (Å²) in [7, 11) is 3.09. The minimum absolute atomic E-state index is 0.0812. The molecule has 0 aliphatic heterocycles. The molecular formula is C16H21F3N2O2. The van der Waals surface area contributed by atoms with Crippen molar-refractivity contribution in [3.8, 4) is 5.75 Å². The first-order valence-electron chi connectivity index (χ1n) is 7.02. The molecule has 23 heavy (non-hydrogen) atoms. The Hall–Kier alpha value is -1.98. The summed E-state index contributed by atoms with van der Waals surface area (Å²) in [6.45, 7) is 5.04. The van der Waals surface area contributed by atoms with Crippen LogP contribution in [0.3, 0.4) is 0 Å². The van der Waals surface area contributed by atoms with Gasteiger partial charge in [0.25, 0.3) is 0 Å². The van der Waals surface area contributed by atoms with E-state index in [9.17, 15) is 18.3 Å². The van der Waals surface area contributed by atoms with Crippen LogP contribution in [0.2, 0.25) is 0 Å². The summed E-state index contributed by atoms with van der Waals surface area (Å²) >= 11 is 0. The first-order chi connectivity index (χ1) is 10.5. The third-order valence-electron chi connectivity index (χ3n) is 3.56. The fourth-order valence-corrected chi connectivity index (χ4v) is 1.79. The van der Waals surface area contributed by atoms with Crippen LogP contribution in [0.1, 0.15) is 25.0 Å². The average molecular weight is 330 g/mol. The van der Waals surface area contributed by atoms with Crippen molar-refractivity contribution in [2.75, 3.05) is 20.7 Å². The number of rotatable bonds is 5. The van der Waals surface area contributed by atoms with E-state index in [2.05, 4.69) is 10.9 Å². The summed E-state index contributed by atoms with van der Waals surface area (Å²) in [6.07, 6.45) is -3.19. The van der Waals surface area contributed by atoms with E-state index in [1.54, 1.807) is 13.1 Å². The standard InChI is InChI=1S/C16H21F3N2O2/c1-6-21(4)8-7-20-13-10-14(23-5)12(9-11(13)2)15(3,22)16(17,18)19/h8-10,22H,6H2,1-5H3. The molecule has 0 spiro atoms. The molecule has 1 atom stereocenters. The van der Waals surface area contributed by atoms with Gasteiger partial charge < -0.3 is 14.7 Å². The number of hydrogen-bond acceptors (Lipinski definition) is 4. The first-order valence-corrected chi connectivity index (χ1v) is 7.02. The lowest BCUT2D eigenvalue weighted by Crippen LogP contribution is -2.39. The number of benzene rings is 1. The van der Waals surface area contributed by atoms with Gasteiger partial charge in [-0.2, -0.15) is 13.2 Å². The maximum atomic E-state index is 13.0. The maximum Gasteiger partial charge on any atom is 0.421 e. The summed E-state index contributed by atoms with van der Waals surface area (Å²) in [5, 5.41) is 9.87. The fraction of sp³-hybridized carbons (Fsp3) is 0.500. The van der Waals surface area contributed by atoms with Crippen LogP contribution >= 0.6 is 0 Å². The van der Waals surface area contributed by atoms with Gasteiger partial charge in [-0.15, -0.1) is 0 Å². The van der Waals surface area contributed by atoms with E-state index in [1.165, 1.54) is 19.2 Å². The van der Waals surface area contributed by atoms with Crippen molar-refractivity contribution in [1.82, 2.24) is 4.90 Å². The monoisotopic (exact) mass is 330 g/mol. The predicted octanol–water partition coefficient (Wildman–Crippen LogP) is 3.54. The Balaban J connectivity index is 3.37. The summed E-state index contributed by atoms with van der Waals surface area (Å²) in [5.74, 6) is 2.64. The van der Waals surface area contributed by atoms with Gasteiger partial charge in [0.1, 0.15) is 5.75 Å². The molecule has 0 saturated carbocycles. The Bertz CT molecular complexity index is 618. The van der Waals surface area contributed by atoms with Gasteiger partial charge in [0.2, 0.25) is 0 Å². The molecule has 1 aromatic rings. The summed E-state index contributed by atoms with van der Waals surface area (Å²) in [6, 6.07) is 2.59. The molecule has 0 aliphatic carbocycles. The molecule has 0 aliphatic rings. The summed E-state index contributed by atoms with van der Waals surface area (Å²) < 4.78 is 44.1. The zero-order valence-corrected chi connectivity index (χ0v) is 13.8. The number of nitrogens with zero attached hydrogens (tertiary/aromatic N) is 2. The molecule has 0 aromatic heterocycles. The molecule has 0 fully saturated rings. The first kappa shape index (κ1) is 19.1. The Kier molecular flexibility index (Phi) is 5.86. The Morgan fingerprint density at radius 2 is 2.00 bits per heavy atom. The minimum Gasteiger partial charge on any atom is -0.496 e. The Morgan fingerprint density at radius 1 is 1.39 bits per heavy atom. The molecule has 1 unspecified atom stereocenters. The molecule has 0 saturated heterocycles. The highest BCUT2D eigenvalue weighted by Gasteiger charge is 2.52. The summed E-state index contributed by atoms with van der Waals surface area (Å²) in [5.41, 5.74) is -2.46. The molecular weight excluding hydrogens is 309 g/mol. The van der Waals surface area contributed by atoms with Crippen molar-refractivity contribution < 1.29 is 23.0 Å². The topological polar surface area (TPSA) is 45.1 Å². The van der Waals surface area contributed by atoms with Gasteiger partial charge in [-0.25, -0.2) is 4.99 Å². The van der Waals surface area contributed by atoms with Gasteiger partial charge in [-0.1, -0.05) is 0 Å². The normalized spacial score (nSPS) is 13.8. The third-order valence-corrected chi connectivity index (χ3v) is 3.56. The van der Waals surface area contributed by atoms with Gasteiger partial charge in [-0.3, -0.25) is 0 Å². The largest absolute Gasteiger partial charge is 0.496 e. The lowest BCUT2D eigenvalue weighted by atomic mass is 9.92. The van der Waals surface area contributed by atoms with Gasteiger partial charge in [0.05, 0.1) is 19.0 Å². The van der Waals surface area contributed by atoms with Crippen LogP contribution in [-0.4, -0.2) is 42.8 Å². The van der Waals surface area contributed by atoms with Crippen molar-refractivity contribution >= 4 is 11.6 Å². The highest BCUT2D eigenvalue weighted by molar-refractivity contribution is 5.63. The van der Waals surface area contributed by atoms with Crippen molar-refractivity contribution in [2.45, 2.75) is 32.5 Å². The van der Waals surface area contributed by atoms with Gasteiger partial charge >= 0.3 is 6.18 Å². The van der Waals surface area contributed by atoms with E-state index in [0.29, 0.717) is 18.2 Å². The zero-order valence-electron chi connectivity index (χ0n) is 13.8. The second-order valence-corrected chi connectivity index (χ2v) is 5.35. The van der Waals surface area contributed by atoms with Crippen LogP contribution in [0.5, 0.6) is 5.75 Å². The van der Waals surface area contributed by atoms with Gasteiger partial charge in [-0.05, 0) is 32.4 Å². The highest BCUT2D eigenvalue weighted by atomic mass is 19.4. The second-order valence-electron chi connectivity index (χ2n) is 5.35. The van der Waals surface area contributed by atoms with Crippen LogP contribution in [0.4, 0.5) is 18.9 Å². The lowest BCUT2D eigenvalue weighted by Gasteiger charge is -2.28. The third kappa shape index (κ3) is 4.27. The number of hydrogen-bond donors (Lipinski definition) is 1. The Labute approximate surface area is 133 Å². The van der Waals surface area contributed by atoms with Crippen LogP contribution in [0.25, 0.3) is 0 Å². The minimum atomic E-state index is -4.82. The lowest BCUT2D eigenvalue weighted by molar-refractivity contribution is -0.259. The molecule has 0 heterocycles. The van der Waals surface area contributed by atoms with Crippen LogP contribution in [0.15, 0.2) is 23.3 Å². The van der Waals surface area contributed by atoms with E-state index in [1.807, 2.05) is 18.9 Å². The van der Waals surface area contributed by atoms with E-state index in [-0.39, 0.29) is 11.3 Å². The fourth-order valence-electron chi connectivity index (χ4n) is 1.79.